The molecule has 0 radical (unpaired) electrons. The maximum Gasteiger partial charge on any atom is 0.336 e. The van der Waals surface area contributed by atoms with Gasteiger partial charge in [0.15, 0.2) is 0 Å². The Balaban J connectivity index is 2.48. The molecular formula is C19H28N2O4. The minimum absolute atomic E-state index is 0.0833. The number of aromatic carboxylic acids is 1. The molecule has 0 atom stereocenters. The lowest BCUT2D eigenvalue weighted by Crippen LogP contribution is -2.32. The first-order valence-corrected chi connectivity index (χ1v) is 8.80. The monoisotopic (exact) mass is 348 g/mol. The van der Waals surface area contributed by atoms with Gasteiger partial charge in [-0.3, -0.25) is 9.59 Å². The summed E-state index contributed by atoms with van der Waals surface area (Å²) in [7, 11) is 0. The molecule has 1 aromatic rings. The second-order valence-electron chi connectivity index (χ2n) is 6.12. The van der Waals surface area contributed by atoms with Crippen LogP contribution in [0.5, 0.6) is 0 Å². The van der Waals surface area contributed by atoms with E-state index in [9.17, 15) is 14.4 Å². The van der Waals surface area contributed by atoms with E-state index >= 15 is 0 Å². The Morgan fingerprint density at radius 1 is 1.08 bits per heavy atom. The van der Waals surface area contributed by atoms with Gasteiger partial charge < -0.3 is 15.3 Å². The number of amides is 2. The van der Waals surface area contributed by atoms with Gasteiger partial charge in [-0.25, -0.2) is 4.79 Å². The number of hydrogen-bond acceptors (Lipinski definition) is 3. The molecule has 1 aromatic carbocycles. The first-order valence-electron chi connectivity index (χ1n) is 8.80. The van der Waals surface area contributed by atoms with Gasteiger partial charge in [-0.2, -0.15) is 0 Å². The summed E-state index contributed by atoms with van der Waals surface area (Å²) in [5.74, 6) is -1.16. The molecule has 25 heavy (non-hydrogen) atoms. The normalized spacial score (nSPS) is 10.4. The molecular weight excluding hydrogens is 320 g/mol. The molecule has 0 bridgehead atoms. The highest BCUT2D eigenvalue weighted by atomic mass is 16.4. The van der Waals surface area contributed by atoms with Gasteiger partial charge in [-0.05, 0) is 43.9 Å². The lowest BCUT2D eigenvalue weighted by molar-refractivity contribution is -0.131. The molecule has 0 aromatic heterocycles. The Morgan fingerprint density at radius 3 is 2.28 bits per heavy atom. The van der Waals surface area contributed by atoms with E-state index in [1.165, 1.54) is 6.07 Å². The second-order valence-corrected chi connectivity index (χ2v) is 6.12. The number of nitrogens with zero attached hydrogens (tertiary/aromatic N) is 1. The Labute approximate surface area is 149 Å². The fourth-order valence-corrected chi connectivity index (χ4v) is 2.61. The average Bonchev–Trinajstić information content (AvgIpc) is 2.56. The summed E-state index contributed by atoms with van der Waals surface area (Å²) in [5.41, 5.74) is 1.27. The summed E-state index contributed by atoms with van der Waals surface area (Å²) < 4.78 is 0. The number of rotatable bonds is 10. The van der Waals surface area contributed by atoms with Gasteiger partial charge in [0.1, 0.15) is 0 Å². The van der Waals surface area contributed by atoms with Crippen molar-refractivity contribution in [1.29, 1.82) is 0 Å². The molecule has 0 fully saturated rings. The van der Waals surface area contributed by atoms with E-state index in [0.29, 0.717) is 24.1 Å². The summed E-state index contributed by atoms with van der Waals surface area (Å²) in [6, 6.07) is 4.79. The maximum absolute atomic E-state index is 12.1. The molecule has 0 aliphatic carbocycles. The molecule has 138 valence electrons. The molecule has 0 unspecified atom stereocenters. The third-order valence-corrected chi connectivity index (χ3v) is 3.89. The zero-order valence-electron chi connectivity index (χ0n) is 15.3. The number of carbonyl (C=O) groups is 3. The standard InChI is InChI=1S/C19H28N2O4/c1-4-11-21(12-5-2)18(23)8-6-7-17(22)20-15-10-9-14(3)16(13-15)19(24)25/h9-10,13H,4-8,11-12H2,1-3H3,(H,20,22)(H,24,25). The number of nitrogens with one attached hydrogen (secondary N) is 1. The SMILES string of the molecule is CCCN(CCC)C(=O)CCCC(=O)Nc1ccc(C)c(C(=O)O)c1. The molecule has 0 spiro atoms. The highest BCUT2D eigenvalue weighted by molar-refractivity contribution is 5.94. The quantitative estimate of drug-likeness (QED) is 0.678. The van der Waals surface area contributed by atoms with Crippen LogP contribution in [-0.2, 0) is 9.59 Å². The first kappa shape index (κ1) is 20.7. The number of aryl methyl sites for hydroxylation is 1. The van der Waals surface area contributed by atoms with E-state index in [1.54, 1.807) is 19.1 Å². The molecule has 0 aliphatic heterocycles. The lowest BCUT2D eigenvalue weighted by atomic mass is 10.1. The summed E-state index contributed by atoms with van der Waals surface area (Å²) in [5, 5.41) is 11.8. The molecule has 6 nitrogen and oxygen atoms in total. The summed E-state index contributed by atoms with van der Waals surface area (Å²) in [6.45, 7) is 7.28. The molecule has 0 saturated heterocycles. The third kappa shape index (κ3) is 6.95. The summed E-state index contributed by atoms with van der Waals surface area (Å²) >= 11 is 0. The Hall–Kier alpha value is -2.37. The van der Waals surface area contributed by atoms with Crippen LogP contribution in [0.25, 0.3) is 0 Å². The highest BCUT2D eigenvalue weighted by Crippen LogP contribution is 2.16. The van der Waals surface area contributed by atoms with Gasteiger partial charge >= 0.3 is 5.97 Å². The van der Waals surface area contributed by atoms with Gasteiger partial charge in [-0.1, -0.05) is 19.9 Å². The van der Waals surface area contributed by atoms with Crippen molar-refractivity contribution in [3.8, 4) is 0 Å². The molecule has 6 heteroatoms. The van der Waals surface area contributed by atoms with E-state index in [4.69, 9.17) is 5.11 Å². The predicted octanol–water partition coefficient (Wildman–Crippen LogP) is 3.45. The Bertz CT molecular complexity index is 607. The van der Waals surface area contributed by atoms with Crippen LogP contribution < -0.4 is 5.32 Å². The summed E-state index contributed by atoms with van der Waals surface area (Å²) in [4.78, 5) is 37.1. The van der Waals surface area contributed by atoms with Crippen LogP contribution in [-0.4, -0.2) is 40.9 Å². The number of benzene rings is 1. The van der Waals surface area contributed by atoms with E-state index < -0.39 is 5.97 Å². The van der Waals surface area contributed by atoms with Crippen LogP contribution in [0.1, 0.15) is 61.9 Å². The summed E-state index contributed by atoms with van der Waals surface area (Å²) in [6.07, 6.45) is 2.90. The van der Waals surface area contributed by atoms with Crippen molar-refractivity contribution in [3.05, 3.63) is 29.3 Å². The molecule has 0 heterocycles. The highest BCUT2D eigenvalue weighted by Gasteiger charge is 2.13. The second kappa shape index (κ2) is 10.5. The number of anilines is 1. The van der Waals surface area contributed by atoms with Crippen molar-refractivity contribution >= 4 is 23.5 Å². The van der Waals surface area contributed by atoms with Crippen molar-refractivity contribution in [2.75, 3.05) is 18.4 Å². The molecule has 0 aliphatic rings. The molecule has 1 rings (SSSR count). The lowest BCUT2D eigenvalue weighted by Gasteiger charge is -2.21. The molecule has 2 amide bonds. The van der Waals surface area contributed by atoms with Crippen LogP contribution in [0.15, 0.2) is 18.2 Å². The minimum Gasteiger partial charge on any atom is -0.478 e. The van der Waals surface area contributed by atoms with E-state index in [0.717, 1.165) is 25.9 Å². The zero-order valence-corrected chi connectivity index (χ0v) is 15.3. The number of carbonyl (C=O) groups excluding carboxylic acids is 2. The number of hydrogen-bond donors (Lipinski definition) is 2. The van der Waals surface area contributed by atoms with Gasteiger partial charge in [0.2, 0.25) is 11.8 Å². The predicted molar refractivity (Wildman–Crippen MR) is 97.8 cm³/mol. The zero-order chi connectivity index (χ0) is 18.8. The van der Waals surface area contributed by atoms with Crippen molar-refractivity contribution in [2.24, 2.45) is 0 Å². The fraction of sp³-hybridized carbons (Fsp3) is 0.526. The van der Waals surface area contributed by atoms with Crippen molar-refractivity contribution in [1.82, 2.24) is 4.90 Å². The minimum atomic E-state index is -1.02. The fourth-order valence-electron chi connectivity index (χ4n) is 2.61. The van der Waals surface area contributed by atoms with Crippen LogP contribution in [0, 0.1) is 6.92 Å². The van der Waals surface area contributed by atoms with Crippen LogP contribution in [0.2, 0.25) is 0 Å². The van der Waals surface area contributed by atoms with Crippen molar-refractivity contribution < 1.29 is 19.5 Å². The van der Waals surface area contributed by atoms with E-state index in [1.807, 2.05) is 18.7 Å². The first-order chi connectivity index (χ1) is 11.9. The van der Waals surface area contributed by atoms with Gasteiger partial charge in [0.05, 0.1) is 5.56 Å². The largest absolute Gasteiger partial charge is 0.478 e. The van der Waals surface area contributed by atoms with E-state index in [2.05, 4.69) is 5.32 Å². The van der Waals surface area contributed by atoms with Crippen LogP contribution in [0.4, 0.5) is 5.69 Å². The topological polar surface area (TPSA) is 86.7 Å². The third-order valence-electron chi connectivity index (χ3n) is 3.89. The van der Waals surface area contributed by atoms with Crippen LogP contribution in [0.3, 0.4) is 0 Å². The Kier molecular flexibility index (Phi) is 8.67. The van der Waals surface area contributed by atoms with Crippen LogP contribution >= 0.6 is 0 Å². The van der Waals surface area contributed by atoms with E-state index in [-0.39, 0.29) is 23.8 Å². The van der Waals surface area contributed by atoms with Crippen molar-refractivity contribution in [3.63, 3.8) is 0 Å². The number of carboxylic acid groups (broad SMARTS) is 1. The molecule has 0 saturated carbocycles. The van der Waals surface area contributed by atoms with Gasteiger partial charge in [0.25, 0.3) is 0 Å². The van der Waals surface area contributed by atoms with Gasteiger partial charge in [0, 0.05) is 31.6 Å². The smallest absolute Gasteiger partial charge is 0.336 e. The maximum atomic E-state index is 12.1. The molecule has 2 N–H and O–H groups in total. The van der Waals surface area contributed by atoms with Crippen molar-refractivity contribution in [2.45, 2.75) is 52.9 Å². The average molecular weight is 348 g/mol. The Morgan fingerprint density at radius 2 is 1.72 bits per heavy atom. The van der Waals surface area contributed by atoms with Gasteiger partial charge in [-0.15, -0.1) is 0 Å². The number of carboxylic acids is 1.